The molecule has 152 valence electrons. The van der Waals surface area contributed by atoms with Gasteiger partial charge in [0.2, 0.25) is 5.88 Å². The van der Waals surface area contributed by atoms with Crippen LogP contribution < -0.4 is 10.1 Å². The van der Waals surface area contributed by atoms with Crippen molar-refractivity contribution < 1.29 is 9.53 Å². The number of nitrogens with one attached hydrogen (secondary N) is 1. The molecule has 0 saturated carbocycles. The van der Waals surface area contributed by atoms with Crippen molar-refractivity contribution >= 4 is 17.2 Å². The van der Waals surface area contributed by atoms with E-state index in [0.717, 1.165) is 5.65 Å². The van der Waals surface area contributed by atoms with E-state index in [1.54, 1.807) is 58.0 Å². The molecule has 1 N–H and O–H groups in total. The van der Waals surface area contributed by atoms with Crippen molar-refractivity contribution in [1.82, 2.24) is 28.9 Å². The van der Waals surface area contributed by atoms with Crippen molar-refractivity contribution in [3.63, 3.8) is 0 Å². The first-order valence-corrected chi connectivity index (χ1v) is 9.51. The number of carbonyl (C=O) groups is 1. The van der Waals surface area contributed by atoms with Gasteiger partial charge < -0.3 is 10.1 Å². The second-order valence-corrected chi connectivity index (χ2v) is 6.74. The largest absolute Gasteiger partial charge is 0.439 e. The van der Waals surface area contributed by atoms with Gasteiger partial charge in [-0.05, 0) is 43.3 Å². The van der Waals surface area contributed by atoms with Gasteiger partial charge in [-0.2, -0.15) is 0 Å². The van der Waals surface area contributed by atoms with E-state index in [4.69, 9.17) is 4.74 Å². The Hall–Kier alpha value is -4.53. The molecule has 0 fully saturated rings. The van der Waals surface area contributed by atoms with Crippen LogP contribution >= 0.6 is 0 Å². The Morgan fingerprint density at radius 1 is 1.06 bits per heavy atom. The molecular formula is C22H17N7O2. The molecule has 0 saturated heterocycles. The van der Waals surface area contributed by atoms with Crippen molar-refractivity contribution in [2.75, 3.05) is 5.32 Å². The van der Waals surface area contributed by atoms with Crippen LogP contribution in [-0.2, 0) is 0 Å². The van der Waals surface area contributed by atoms with E-state index >= 15 is 0 Å². The molecule has 1 amide bonds. The summed E-state index contributed by atoms with van der Waals surface area (Å²) >= 11 is 0. The SMILES string of the molecule is Cc1nc2ccccn2c1C(=O)Nc1ccc(Oc2cc(-n3ccnc3)ncn2)cc1. The number of rotatable bonds is 5. The van der Waals surface area contributed by atoms with E-state index in [9.17, 15) is 4.79 Å². The summed E-state index contributed by atoms with van der Waals surface area (Å²) in [6, 6.07) is 14.4. The van der Waals surface area contributed by atoms with Crippen LogP contribution in [0.3, 0.4) is 0 Å². The Labute approximate surface area is 177 Å². The van der Waals surface area contributed by atoms with Gasteiger partial charge in [0.25, 0.3) is 5.91 Å². The topological polar surface area (TPSA) is 99.2 Å². The Morgan fingerprint density at radius 2 is 1.94 bits per heavy atom. The summed E-state index contributed by atoms with van der Waals surface area (Å²) in [5, 5.41) is 2.90. The van der Waals surface area contributed by atoms with E-state index in [1.807, 2.05) is 31.3 Å². The third-order valence-corrected chi connectivity index (χ3v) is 4.65. The summed E-state index contributed by atoms with van der Waals surface area (Å²) in [6.07, 6.45) is 8.35. The van der Waals surface area contributed by atoms with Crippen LogP contribution in [0.1, 0.15) is 16.2 Å². The van der Waals surface area contributed by atoms with Gasteiger partial charge in [-0.1, -0.05) is 6.07 Å². The molecule has 9 heteroatoms. The monoisotopic (exact) mass is 411 g/mol. The van der Waals surface area contributed by atoms with Crippen molar-refractivity contribution in [3.8, 4) is 17.4 Å². The number of hydrogen-bond acceptors (Lipinski definition) is 6. The number of amides is 1. The molecule has 0 radical (unpaired) electrons. The number of aryl methyl sites for hydroxylation is 1. The zero-order chi connectivity index (χ0) is 21.2. The molecule has 31 heavy (non-hydrogen) atoms. The van der Waals surface area contributed by atoms with Gasteiger partial charge in [0, 0.05) is 30.3 Å². The average Bonchev–Trinajstić information content (AvgIpc) is 3.42. The first kappa shape index (κ1) is 18.5. The predicted octanol–water partition coefficient (Wildman–Crippen LogP) is 3.66. The van der Waals surface area contributed by atoms with Gasteiger partial charge in [0.1, 0.15) is 35.6 Å². The maximum Gasteiger partial charge on any atom is 0.274 e. The van der Waals surface area contributed by atoms with E-state index in [2.05, 4.69) is 25.3 Å². The number of aromatic nitrogens is 6. The van der Waals surface area contributed by atoms with E-state index in [0.29, 0.717) is 34.5 Å². The smallest absolute Gasteiger partial charge is 0.274 e. The lowest BCUT2D eigenvalue weighted by atomic mass is 10.2. The number of imidazole rings is 2. The molecule has 0 aliphatic heterocycles. The highest BCUT2D eigenvalue weighted by Gasteiger charge is 2.16. The van der Waals surface area contributed by atoms with Crippen LogP contribution in [0.5, 0.6) is 11.6 Å². The second kappa shape index (κ2) is 7.71. The van der Waals surface area contributed by atoms with Crippen molar-refractivity contribution in [2.45, 2.75) is 6.92 Å². The van der Waals surface area contributed by atoms with Crippen LogP contribution in [0, 0.1) is 6.92 Å². The Balaban J connectivity index is 1.31. The maximum atomic E-state index is 12.8. The summed E-state index contributed by atoms with van der Waals surface area (Å²) in [7, 11) is 0. The fourth-order valence-electron chi connectivity index (χ4n) is 3.23. The van der Waals surface area contributed by atoms with Crippen LogP contribution in [0.25, 0.3) is 11.5 Å². The molecular weight excluding hydrogens is 394 g/mol. The highest BCUT2D eigenvalue weighted by molar-refractivity contribution is 6.04. The number of benzene rings is 1. The highest BCUT2D eigenvalue weighted by Crippen LogP contribution is 2.23. The molecule has 0 aliphatic carbocycles. The molecule has 0 atom stereocenters. The first-order chi connectivity index (χ1) is 15.2. The zero-order valence-electron chi connectivity index (χ0n) is 16.5. The summed E-state index contributed by atoms with van der Waals surface area (Å²) < 4.78 is 9.35. The third kappa shape index (κ3) is 3.71. The van der Waals surface area contributed by atoms with Gasteiger partial charge in [-0.3, -0.25) is 13.8 Å². The van der Waals surface area contributed by atoms with Gasteiger partial charge in [-0.15, -0.1) is 0 Å². The molecule has 9 nitrogen and oxygen atoms in total. The number of pyridine rings is 1. The second-order valence-electron chi connectivity index (χ2n) is 6.74. The third-order valence-electron chi connectivity index (χ3n) is 4.65. The Bertz CT molecular complexity index is 1360. The summed E-state index contributed by atoms with van der Waals surface area (Å²) in [5.41, 5.74) is 2.54. The van der Waals surface area contributed by atoms with Crippen molar-refractivity contribution in [2.24, 2.45) is 0 Å². The van der Waals surface area contributed by atoms with Gasteiger partial charge in [0.05, 0.1) is 5.69 Å². The number of nitrogens with zero attached hydrogens (tertiary/aromatic N) is 6. The lowest BCUT2D eigenvalue weighted by Gasteiger charge is -2.09. The van der Waals surface area contributed by atoms with Crippen LogP contribution in [0.15, 0.2) is 79.8 Å². The number of ether oxygens (including phenoxy) is 1. The van der Waals surface area contributed by atoms with E-state index < -0.39 is 0 Å². The first-order valence-electron chi connectivity index (χ1n) is 9.51. The summed E-state index contributed by atoms with van der Waals surface area (Å²) in [6.45, 7) is 1.82. The number of fused-ring (bicyclic) bond motifs is 1. The predicted molar refractivity (Wildman–Crippen MR) is 114 cm³/mol. The lowest BCUT2D eigenvalue weighted by molar-refractivity contribution is 0.102. The van der Waals surface area contributed by atoms with Gasteiger partial charge in [-0.25, -0.2) is 19.9 Å². The minimum atomic E-state index is -0.231. The zero-order valence-corrected chi connectivity index (χ0v) is 16.5. The molecule has 1 aromatic carbocycles. The van der Waals surface area contributed by atoms with Gasteiger partial charge >= 0.3 is 0 Å². The molecule has 0 aliphatic rings. The van der Waals surface area contributed by atoms with E-state index in [1.165, 1.54) is 6.33 Å². The minimum Gasteiger partial charge on any atom is -0.439 e. The Kier molecular flexibility index (Phi) is 4.60. The fourth-order valence-corrected chi connectivity index (χ4v) is 3.23. The Morgan fingerprint density at radius 3 is 2.74 bits per heavy atom. The number of hydrogen-bond donors (Lipinski definition) is 1. The standard InChI is InChI=1S/C22H17N7O2/c1-15-21(29-10-3-2-4-18(29)26-15)22(30)27-16-5-7-17(8-6-16)31-20-12-19(24-13-25-20)28-11-9-23-14-28/h2-14H,1H3,(H,27,30). The normalized spacial score (nSPS) is 10.9. The quantitative estimate of drug-likeness (QED) is 0.474. The molecule has 4 heterocycles. The van der Waals surface area contributed by atoms with Crippen molar-refractivity contribution in [3.05, 3.63) is 91.2 Å². The minimum absolute atomic E-state index is 0.231. The molecule has 0 unspecified atom stereocenters. The molecule has 5 rings (SSSR count). The molecule has 5 aromatic rings. The van der Waals surface area contributed by atoms with Crippen LogP contribution in [0.4, 0.5) is 5.69 Å². The molecule has 4 aromatic heterocycles. The highest BCUT2D eigenvalue weighted by atomic mass is 16.5. The van der Waals surface area contributed by atoms with Gasteiger partial charge in [0.15, 0.2) is 0 Å². The van der Waals surface area contributed by atoms with Crippen LogP contribution in [0.2, 0.25) is 0 Å². The summed E-state index contributed by atoms with van der Waals surface area (Å²) in [5.74, 6) is 1.40. The van der Waals surface area contributed by atoms with Crippen LogP contribution in [-0.4, -0.2) is 34.8 Å². The maximum absolute atomic E-state index is 12.8. The number of anilines is 1. The molecule has 0 spiro atoms. The number of carbonyl (C=O) groups excluding carboxylic acids is 1. The fraction of sp³-hybridized carbons (Fsp3) is 0.0455. The summed E-state index contributed by atoms with van der Waals surface area (Å²) in [4.78, 5) is 29.6. The average molecular weight is 411 g/mol. The molecule has 0 bridgehead atoms. The van der Waals surface area contributed by atoms with E-state index in [-0.39, 0.29) is 5.91 Å². The van der Waals surface area contributed by atoms with Crippen molar-refractivity contribution in [1.29, 1.82) is 0 Å². The lowest BCUT2D eigenvalue weighted by Crippen LogP contribution is -2.15.